The van der Waals surface area contributed by atoms with Gasteiger partial charge in [-0.05, 0) is 36.4 Å². The number of benzene rings is 1. The summed E-state index contributed by atoms with van der Waals surface area (Å²) in [7, 11) is 1.56. The summed E-state index contributed by atoms with van der Waals surface area (Å²) < 4.78 is 8.00. The maximum Gasteiger partial charge on any atom is 0.275 e. The van der Waals surface area contributed by atoms with Crippen LogP contribution in [-0.4, -0.2) is 32.2 Å². The van der Waals surface area contributed by atoms with E-state index >= 15 is 0 Å². The van der Waals surface area contributed by atoms with E-state index in [0.29, 0.717) is 27.9 Å². The van der Waals surface area contributed by atoms with Gasteiger partial charge in [0.25, 0.3) is 11.5 Å². The van der Waals surface area contributed by atoms with Crippen LogP contribution in [0.1, 0.15) is 10.5 Å². The lowest BCUT2D eigenvalue weighted by atomic mass is 10.3. The lowest BCUT2D eigenvalue weighted by Gasteiger charge is -2.11. The van der Waals surface area contributed by atoms with Crippen molar-refractivity contribution in [1.82, 2.24) is 19.2 Å². The van der Waals surface area contributed by atoms with Gasteiger partial charge in [-0.1, -0.05) is 11.6 Å². The van der Waals surface area contributed by atoms with Gasteiger partial charge in [-0.15, -0.1) is 0 Å². The predicted molar refractivity (Wildman–Crippen MR) is 105 cm³/mol. The number of pyridine rings is 1. The Labute approximate surface area is 164 Å². The molecule has 0 spiro atoms. The number of nitrogens with zero attached hydrogens (tertiary/aromatic N) is 4. The first-order chi connectivity index (χ1) is 13.6. The molecule has 0 saturated heterocycles. The van der Waals surface area contributed by atoms with Crippen molar-refractivity contribution in [2.75, 3.05) is 12.4 Å². The Morgan fingerprint density at radius 1 is 1.11 bits per heavy atom. The number of nitrogens with one attached hydrogen (secondary N) is 1. The number of halogens is 1. The highest BCUT2D eigenvalue weighted by molar-refractivity contribution is 6.30. The Kier molecular flexibility index (Phi) is 4.54. The van der Waals surface area contributed by atoms with Crippen LogP contribution in [0.3, 0.4) is 0 Å². The Morgan fingerprint density at radius 2 is 1.89 bits per heavy atom. The highest BCUT2D eigenvalue weighted by Crippen LogP contribution is 2.19. The molecular weight excluding hydrogens is 382 g/mol. The van der Waals surface area contributed by atoms with Crippen molar-refractivity contribution in [1.29, 1.82) is 0 Å². The SMILES string of the molecule is COc1ccc(-n2c(C(=O)Nc3ccc(Cl)cn3)cc3nccc(=O)n32)cc1. The molecule has 28 heavy (non-hydrogen) atoms. The second kappa shape index (κ2) is 7.16. The number of carbonyl (C=O) groups is 1. The zero-order valence-electron chi connectivity index (χ0n) is 14.7. The van der Waals surface area contributed by atoms with Crippen molar-refractivity contribution in [2.24, 2.45) is 0 Å². The van der Waals surface area contributed by atoms with E-state index in [1.807, 2.05) is 0 Å². The van der Waals surface area contributed by atoms with Crippen LogP contribution in [0.4, 0.5) is 5.82 Å². The molecule has 4 rings (SSSR count). The summed E-state index contributed by atoms with van der Waals surface area (Å²) in [5.74, 6) is 0.541. The van der Waals surface area contributed by atoms with Gasteiger partial charge in [-0.25, -0.2) is 14.6 Å². The molecule has 140 valence electrons. The summed E-state index contributed by atoms with van der Waals surface area (Å²) in [4.78, 5) is 33.6. The van der Waals surface area contributed by atoms with Crippen molar-refractivity contribution in [2.45, 2.75) is 0 Å². The summed E-state index contributed by atoms with van der Waals surface area (Å²) in [5.41, 5.74) is 0.847. The van der Waals surface area contributed by atoms with Crippen LogP contribution in [0.25, 0.3) is 11.3 Å². The highest BCUT2D eigenvalue weighted by atomic mass is 35.5. The molecule has 0 saturated carbocycles. The van der Waals surface area contributed by atoms with Gasteiger partial charge >= 0.3 is 0 Å². The van der Waals surface area contributed by atoms with E-state index < -0.39 is 5.91 Å². The molecule has 0 aliphatic heterocycles. The van der Waals surface area contributed by atoms with E-state index in [2.05, 4.69) is 15.3 Å². The quantitative estimate of drug-likeness (QED) is 0.573. The van der Waals surface area contributed by atoms with Crippen molar-refractivity contribution < 1.29 is 9.53 Å². The summed E-state index contributed by atoms with van der Waals surface area (Å²) >= 11 is 5.83. The van der Waals surface area contributed by atoms with Crippen LogP contribution < -0.4 is 15.6 Å². The zero-order chi connectivity index (χ0) is 19.7. The molecule has 8 nitrogen and oxygen atoms in total. The molecular formula is C19H14ClN5O3. The van der Waals surface area contributed by atoms with E-state index in [9.17, 15) is 9.59 Å². The molecule has 3 aromatic heterocycles. The third-order valence-electron chi connectivity index (χ3n) is 4.06. The van der Waals surface area contributed by atoms with Crippen LogP contribution in [-0.2, 0) is 0 Å². The van der Waals surface area contributed by atoms with Gasteiger partial charge < -0.3 is 10.1 Å². The van der Waals surface area contributed by atoms with Crippen molar-refractivity contribution in [3.63, 3.8) is 0 Å². The number of aromatic nitrogens is 4. The number of fused-ring (bicyclic) bond motifs is 1. The molecule has 0 bridgehead atoms. The fourth-order valence-corrected chi connectivity index (χ4v) is 2.89. The first-order valence-corrected chi connectivity index (χ1v) is 8.62. The van der Waals surface area contributed by atoms with E-state index in [4.69, 9.17) is 16.3 Å². The number of amides is 1. The first-order valence-electron chi connectivity index (χ1n) is 8.24. The van der Waals surface area contributed by atoms with E-state index in [-0.39, 0.29) is 11.3 Å². The Hall–Kier alpha value is -3.65. The zero-order valence-corrected chi connectivity index (χ0v) is 15.4. The van der Waals surface area contributed by atoms with Crippen molar-refractivity contribution in [3.05, 3.63) is 82.0 Å². The maximum absolute atomic E-state index is 12.9. The monoisotopic (exact) mass is 395 g/mol. The average molecular weight is 396 g/mol. The Balaban J connectivity index is 1.85. The second-order valence-electron chi connectivity index (χ2n) is 5.81. The predicted octanol–water partition coefficient (Wildman–Crippen LogP) is 2.79. The van der Waals surface area contributed by atoms with E-state index in [1.54, 1.807) is 43.5 Å². The van der Waals surface area contributed by atoms with Gasteiger partial charge in [-0.2, -0.15) is 4.52 Å². The van der Waals surface area contributed by atoms with Crippen LogP contribution in [0.2, 0.25) is 5.02 Å². The lowest BCUT2D eigenvalue weighted by molar-refractivity contribution is 0.101. The summed E-state index contributed by atoms with van der Waals surface area (Å²) in [6, 6.07) is 13.0. The van der Waals surface area contributed by atoms with Crippen molar-refractivity contribution in [3.8, 4) is 11.4 Å². The Morgan fingerprint density at radius 3 is 2.57 bits per heavy atom. The largest absolute Gasteiger partial charge is 0.497 e. The number of anilines is 1. The average Bonchev–Trinajstić information content (AvgIpc) is 3.11. The van der Waals surface area contributed by atoms with Crippen LogP contribution in [0.5, 0.6) is 5.75 Å². The minimum absolute atomic E-state index is 0.220. The third-order valence-corrected chi connectivity index (χ3v) is 4.29. The molecule has 0 aliphatic carbocycles. The number of rotatable bonds is 4. The highest BCUT2D eigenvalue weighted by Gasteiger charge is 2.19. The van der Waals surface area contributed by atoms with Gasteiger partial charge in [0, 0.05) is 24.5 Å². The molecule has 0 radical (unpaired) electrons. The molecule has 0 aliphatic rings. The molecule has 1 amide bonds. The molecule has 3 heterocycles. The fraction of sp³-hybridized carbons (Fsp3) is 0.0526. The van der Waals surface area contributed by atoms with Crippen LogP contribution in [0.15, 0.2) is 65.7 Å². The standard InChI is InChI=1S/C19H14ClN5O3/c1-28-14-5-3-13(4-6-14)24-15(10-17-21-9-8-18(26)25(17)24)19(27)23-16-7-2-12(20)11-22-16/h2-11H,1H3,(H,22,23,27). The number of methoxy groups -OCH3 is 1. The van der Waals surface area contributed by atoms with Gasteiger partial charge in [0.05, 0.1) is 17.8 Å². The Bertz CT molecular complexity index is 1210. The van der Waals surface area contributed by atoms with E-state index in [0.717, 1.165) is 0 Å². The molecule has 1 aromatic carbocycles. The number of carbonyl (C=O) groups excluding carboxylic acids is 1. The van der Waals surface area contributed by atoms with Gasteiger partial charge in [0.1, 0.15) is 17.3 Å². The number of hydrogen-bond donors (Lipinski definition) is 1. The fourth-order valence-electron chi connectivity index (χ4n) is 2.78. The van der Waals surface area contributed by atoms with E-state index in [1.165, 1.54) is 33.7 Å². The molecule has 9 heteroatoms. The van der Waals surface area contributed by atoms with Gasteiger partial charge in [0.15, 0.2) is 5.65 Å². The molecule has 0 fully saturated rings. The summed E-state index contributed by atoms with van der Waals surface area (Å²) in [5, 5.41) is 3.16. The normalized spacial score (nSPS) is 10.8. The first kappa shape index (κ1) is 17.7. The smallest absolute Gasteiger partial charge is 0.275 e. The van der Waals surface area contributed by atoms with Crippen LogP contribution >= 0.6 is 11.6 Å². The maximum atomic E-state index is 12.9. The second-order valence-corrected chi connectivity index (χ2v) is 6.24. The third kappa shape index (κ3) is 3.21. The minimum atomic E-state index is -0.449. The van der Waals surface area contributed by atoms with Gasteiger partial charge in [-0.3, -0.25) is 9.59 Å². The minimum Gasteiger partial charge on any atom is -0.497 e. The molecule has 0 unspecified atom stereocenters. The van der Waals surface area contributed by atoms with Gasteiger partial charge in [0.2, 0.25) is 0 Å². The molecule has 4 aromatic rings. The van der Waals surface area contributed by atoms with Crippen LogP contribution in [0, 0.1) is 0 Å². The topological polar surface area (TPSA) is 90.5 Å². The number of ether oxygens (including phenoxy) is 1. The summed E-state index contributed by atoms with van der Waals surface area (Å²) in [6.45, 7) is 0. The molecule has 0 atom stereocenters. The van der Waals surface area contributed by atoms with Crippen molar-refractivity contribution >= 4 is 29.0 Å². The lowest BCUT2D eigenvalue weighted by Crippen LogP contribution is -2.24. The molecule has 1 N–H and O–H groups in total. The number of hydrogen-bond acceptors (Lipinski definition) is 5. The summed E-state index contributed by atoms with van der Waals surface area (Å²) in [6.07, 6.45) is 2.83.